The monoisotopic (exact) mass is 599 g/mol. The van der Waals surface area contributed by atoms with E-state index in [0.717, 1.165) is 54.3 Å². The molecule has 0 bridgehead atoms. The number of rotatable bonds is 10. The highest BCUT2D eigenvalue weighted by molar-refractivity contribution is 7.80. The molecule has 10 nitrogen and oxygen atoms in total. The molecule has 0 spiro atoms. The molecule has 11 heteroatoms. The van der Waals surface area contributed by atoms with Crippen molar-refractivity contribution in [1.29, 1.82) is 0 Å². The number of piperidine rings is 1. The summed E-state index contributed by atoms with van der Waals surface area (Å²) in [7, 11) is 1.57. The van der Waals surface area contributed by atoms with Gasteiger partial charge in [0.25, 0.3) is 0 Å². The molecule has 2 saturated heterocycles. The zero-order chi connectivity index (χ0) is 30.2. The maximum atomic E-state index is 14.0. The van der Waals surface area contributed by atoms with Gasteiger partial charge in [-0.3, -0.25) is 19.2 Å². The lowest BCUT2D eigenvalue weighted by molar-refractivity contribution is -0.147. The van der Waals surface area contributed by atoms with Crippen LogP contribution in [-0.4, -0.2) is 76.8 Å². The summed E-state index contributed by atoms with van der Waals surface area (Å²) < 4.78 is 1.63. The summed E-state index contributed by atoms with van der Waals surface area (Å²) in [5.41, 5.74) is 1.66. The number of aromatic nitrogens is 1. The van der Waals surface area contributed by atoms with Crippen LogP contribution >= 0.6 is 12.6 Å². The Kier molecular flexibility index (Phi) is 11.2. The Balaban J connectivity index is 1.71. The first-order valence-electron chi connectivity index (χ1n) is 15.2. The van der Waals surface area contributed by atoms with Crippen LogP contribution in [0, 0.1) is 5.92 Å². The first-order valence-corrected chi connectivity index (χ1v) is 15.9. The van der Waals surface area contributed by atoms with Gasteiger partial charge in [0.15, 0.2) is 0 Å². The number of hydrogen-bond acceptors (Lipinski definition) is 6. The van der Waals surface area contributed by atoms with Gasteiger partial charge in [-0.15, -0.1) is 0 Å². The normalized spacial score (nSPS) is 24.6. The minimum absolute atomic E-state index is 0.165. The number of para-hydroxylation sites is 1. The quantitative estimate of drug-likeness (QED) is 0.247. The van der Waals surface area contributed by atoms with Crippen LogP contribution in [0.15, 0.2) is 30.5 Å². The SMILES string of the molecule is CCC(C)[C@@H]1NC(=O)[C@H](Cc2cn(OC)c3ccccc23)NC(=O)[C@H](CCCCCS)NC(=O)C2CCCCN2C1=O. The largest absolute Gasteiger partial charge is 0.417 e. The summed E-state index contributed by atoms with van der Waals surface area (Å²) >= 11 is 4.28. The number of nitrogens with one attached hydrogen (secondary N) is 3. The van der Waals surface area contributed by atoms with Gasteiger partial charge in [-0.05, 0) is 55.4 Å². The van der Waals surface area contributed by atoms with E-state index in [1.54, 1.807) is 16.7 Å². The molecular weight excluding hydrogens is 554 g/mol. The first-order chi connectivity index (χ1) is 20.3. The summed E-state index contributed by atoms with van der Waals surface area (Å²) in [6.45, 7) is 4.34. The molecule has 0 radical (unpaired) electrons. The molecule has 2 aliphatic heterocycles. The van der Waals surface area contributed by atoms with E-state index in [-0.39, 0.29) is 24.2 Å². The smallest absolute Gasteiger partial charge is 0.246 e. The van der Waals surface area contributed by atoms with Crippen LogP contribution in [-0.2, 0) is 25.6 Å². The molecule has 3 N–H and O–H groups in total. The Morgan fingerprint density at radius 2 is 1.71 bits per heavy atom. The highest BCUT2D eigenvalue weighted by atomic mass is 32.1. The van der Waals surface area contributed by atoms with Gasteiger partial charge < -0.3 is 25.7 Å². The Labute approximate surface area is 253 Å². The van der Waals surface area contributed by atoms with Crippen molar-refractivity contribution in [3.63, 3.8) is 0 Å². The summed E-state index contributed by atoms with van der Waals surface area (Å²) in [6, 6.07) is 4.41. The van der Waals surface area contributed by atoms with Crippen molar-refractivity contribution in [2.45, 2.75) is 95.8 Å². The van der Waals surface area contributed by atoms with Gasteiger partial charge in [0, 0.05) is 24.5 Å². The number of hydrogen-bond donors (Lipinski definition) is 4. The van der Waals surface area contributed by atoms with Gasteiger partial charge >= 0.3 is 0 Å². The van der Waals surface area contributed by atoms with Crippen LogP contribution in [0.1, 0.15) is 70.8 Å². The van der Waals surface area contributed by atoms with Crippen molar-refractivity contribution in [2.75, 3.05) is 19.4 Å². The van der Waals surface area contributed by atoms with E-state index in [9.17, 15) is 19.2 Å². The zero-order valence-corrected chi connectivity index (χ0v) is 25.8. The third kappa shape index (κ3) is 7.22. The molecular formula is C31H45N5O5S. The van der Waals surface area contributed by atoms with Crippen LogP contribution in [0.3, 0.4) is 0 Å². The molecule has 2 aliphatic rings. The highest BCUT2D eigenvalue weighted by Crippen LogP contribution is 2.24. The molecule has 42 heavy (non-hydrogen) atoms. The van der Waals surface area contributed by atoms with Crippen molar-refractivity contribution in [3.05, 3.63) is 36.0 Å². The van der Waals surface area contributed by atoms with Crippen LogP contribution < -0.4 is 20.8 Å². The van der Waals surface area contributed by atoms with Gasteiger partial charge in [-0.2, -0.15) is 17.4 Å². The Hall–Kier alpha value is -3.21. The maximum absolute atomic E-state index is 14.0. The second-order valence-electron chi connectivity index (χ2n) is 11.5. The number of carbonyl (C=O) groups is 4. The third-order valence-electron chi connectivity index (χ3n) is 8.66. The maximum Gasteiger partial charge on any atom is 0.246 e. The number of carbonyl (C=O) groups excluding carboxylic acids is 4. The van der Waals surface area contributed by atoms with Crippen molar-refractivity contribution < 1.29 is 24.0 Å². The summed E-state index contributed by atoms with van der Waals surface area (Å²) in [4.78, 5) is 62.5. The summed E-state index contributed by atoms with van der Waals surface area (Å²) in [6.07, 6.45) is 7.71. The third-order valence-corrected chi connectivity index (χ3v) is 8.98. The van der Waals surface area contributed by atoms with Crippen molar-refractivity contribution >= 4 is 47.2 Å². The van der Waals surface area contributed by atoms with Gasteiger partial charge in [0.2, 0.25) is 23.6 Å². The Bertz CT molecular complexity index is 1270. The number of thiol groups is 1. The van der Waals surface area contributed by atoms with Crippen molar-refractivity contribution in [2.24, 2.45) is 5.92 Å². The predicted molar refractivity (Wildman–Crippen MR) is 165 cm³/mol. The lowest BCUT2D eigenvalue weighted by Crippen LogP contribution is -2.64. The molecule has 2 fully saturated rings. The van der Waals surface area contributed by atoms with Gasteiger partial charge in [0.05, 0.1) is 5.52 Å². The minimum Gasteiger partial charge on any atom is -0.417 e. The van der Waals surface area contributed by atoms with Crippen LogP contribution in [0.4, 0.5) is 0 Å². The van der Waals surface area contributed by atoms with E-state index in [0.29, 0.717) is 25.8 Å². The Morgan fingerprint density at radius 1 is 0.976 bits per heavy atom. The van der Waals surface area contributed by atoms with E-state index < -0.39 is 36.0 Å². The van der Waals surface area contributed by atoms with Crippen LogP contribution in [0.5, 0.6) is 0 Å². The molecule has 0 saturated carbocycles. The van der Waals surface area contributed by atoms with E-state index in [2.05, 4.69) is 28.6 Å². The fourth-order valence-corrected chi connectivity index (χ4v) is 6.21. The predicted octanol–water partition coefficient (Wildman–Crippen LogP) is 2.63. The molecule has 1 aromatic carbocycles. The first kappa shape index (κ1) is 31.7. The Morgan fingerprint density at radius 3 is 2.45 bits per heavy atom. The van der Waals surface area contributed by atoms with Crippen LogP contribution in [0.25, 0.3) is 10.9 Å². The summed E-state index contributed by atoms with van der Waals surface area (Å²) in [5.74, 6) is -0.806. The second kappa shape index (κ2) is 14.8. The standard InChI is InChI=1S/C31H45N5O5S/c1-4-20(2)27-31(40)35-16-10-9-15-26(35)30(39)32-23(13-6-5-11-17-42)28(37)33-24(29(38)34-27)18-21-19-36(41-3)25-14-8-7-12-22(21)25/h7-8,12,14,19-20,23-24,26-27,42H,4-6,9-11,13,15-18H2,1-3H3,(H,32,39)(H,33,37)(H,34,38)/t20?,23-,24-,26?,27-/m0/s1. The molecule has 230 valence electrons. The highest BCUT2D eigenvalue weighted by Gasteiger charge is 2.40. The number of fused-ring (bicyclic) bond motifs is 2. The second-order valence-corrected chi connectivity index (χ2v) is 11.9. The fraction of sp³-hybridized carbons (Fsp3) is 0.613. The van der Waals surface area contributed by atoms with Crippen molar-refractivity contribution in [1.82, 2.24) is 25.6 Å². The molecule has 2 aromatic rings. The molecule has 3 heterocycles. The number of benzene rings is 1. The number of nitrogens with zero attached hydrogens (tertiary/aromatic N) is 2. The van der Waals surface area contributed by atoms with E-state index in [4.69, 9.17) is 4.84 Å². The fourth-order valence-electron chi connectivity index (χ4n) is 5.99. The lowest BCUT2D eigenvalue weighted by Gasteiger charge is -2.39. The molecule has 1 aromatic heterocycles. The van der Waals surface area contributed by atoms with E-state index in [1.807, 2.05) is 44.3 Å². The van der Waals surface area contributed by atoms with Crippen molar-refractivity contribution in [3.8, 4) is 0 Å². The number of unbranched alkanes of at least 4 members (excludes halogenated alkanes) is 2. The average molecular weight is 600 g/mol. The average Bonchev–Trinajstić information content (AvgIpc) is 3.36. The minimum atomic E-state index is -0.971. The van der Waals surface area contributed by atoms with Gasteiger partial charge in [-0.1, -0.05) is 51.3 Å². The topological polar surface area (TPSA) is 122 Å². The molecule has 2 unspecified atom stereocenters. The van der Waals surface area contributed by atoms with E-state index in [1.165, 1.54) is 0 Å². The molecule has 5 atom stereocenters. The molecule has 0 aliphatic carbocycles. The van der Waals surface area contributed by atoms with Gasteiger partial charge in [0.1, 0.15) is 31.3 Å². The number of amides is 4. The molecule has 4 rings (SSSR count). The zero-order valence-electron chi connectivity index (χ0n) is 24.9. The summed E-state index contributed by atoms with van der Waals surface area (Å²) in [5, 5.41) is 9.80. The molecule has 4 amide bonds. The lowest BCUT2D eigenvalue weighted by atomic mass is 9.93. The van der Waals surface area contributed by atoms with Crippen LogP contribution in [0.2, 0.25) is 0 Å². The van der Waals surface area contributed by atoms with E-state index >= 15 is 0 Å². The van der Waals surface area contributed by atoms with Gasteiger partial charge in [-0.25, -0.2) is 0 Å².